The SMILES string of the molecule is CCCCCCCCCCCCC[n+]1ccn(-c2ccccc2)c1CCC. The van der Waals surface area contributed by atoms with Crippen LogP contribution < -0.4 is 4.57 Å². The average Bonchev–Trinajstić information content (AvgIpc) is 3.10. The molecule has 0 amide bonds. The van der Waals surface area contributed by atoms with E-state index in [2.05, 4.69) is 65.7 Å². The minimum atomic E-state index is 1.14. The number of imidazole rings is 1. The van der Waals surface area contributed by atoms with Crippen LogP contribution in [-0.2, 0) is 13.0 Å². The van der Waals surface area contributed by atoms with E-state index in [9.17, 15) is 0 Å². The van der Waals surface area contributed by atoms with Crippen molar-refractivity contribution in [2.75, 3.05) is 0 Å². The van der Waals surface area contributed by atoms with Crippen LogP contribution >= 0.6 is 0 Å². The summed E-state index contributed by atoms with van der Waals surface area (Å²) in [5, 5.41) is 0. The van der Waals surface area contributed by atoms with E-state index in [-0.39, 0.29) is 0 Å². The highest BCUT2D eigenvalue weighted by molar-refractivity contribution is 5.31. The van der Waals surface area contributed by atoms with Crippen molar-refractivity contribution in [3.8, 4) is 5.69 Å². The fourth-order valence-corrected chi connectivity index (χ4v) is 3.92. The quantitative estimate of drug-likeness (QED) is 0.235. The second-order valence-corrected chi connectivity index (χ2v) is 7.90. The molecule has 0 spiro atoms. The number of aromatic nitrogens is 2. The highest BCUT2D eigenvalue weighted by atomic mass is 15.1. The zero-order chi connectivity index (χ0) is 19.2. The van der Waals surface area contributed by atoms with E-state index in [1.165, 1.54) is 88.6 Å². The number of unbranched alkanes of at least 4 members (excludes halogenated alkanes) is 10. The topological polar surface area (TPSA) is 8.81 Å². The Labute approximate surface area is 167 Å². The van der Waals surface area contributed by atoms with Crippen LogP contribution in [0.2, 0.25) is 0 Å². The molecule has 1 aromatic heterocycles. The van der Waals surface area contributed by atoms with Gasteiger partial charge in [-0.05, 0) is 31.4 Å². The first-order valence-corrected chi connectivity index (χ1v) is 11.5. The Hall–Kier alpha value is -1.57. The molecule has 150 valence electrons. The van der Waals surface area contributed by atoms with Crippen LogP contribution in [0.15, 0.2) is 42.7 Å². The summed E-state index contributed by atoms with van der Waals surface area (Å²) >= 11 is 0. The number of benzene rings is 1. The van der Waals surface area contributed by atoms with Crippen LogP contribution in [0.5, 0.6) is 0 Å². The van der Waals surface area contributed by atoms with Gasteiger partial charge >= 0.3 is 0 Å². The van der Waals surface area contributed by atoms with Crippen LogP contribution in [0.1, 0.15) is 96.7 Å². The summed E-state index contributed by atoms with van der Waals surface area (Å²) < 4.78 is 4.84. The van der Waals surface area contributed by atoms with Crippen LogP contribution in [-0.4, -0.2) is 4.57 Å². The number of para-hydroxylation sites is 1. The maximum Gasteiger partial charge on any atom is 0.261 e. The first-order chi connectivity index (χ1) is 13.4. The molecule has 0 radical (unpaired) electrons. The summed E-state index contributed by atoms with van der Waals surface area (Å²) in [7, 11) is 0. The maximum absolute atomic E-state index is 2.48. The standard InChI is InChI=1S/C25H41N2/c1-3-5-6-7-8-9-10-11-12-13-17-21-26-22-23-27(25(26)18-4-2)24-19-15-14-16-20-24/h14-16,19-20,22-23H,3-13,17-18,21H2,1-2H3/q+1. The molecule has 2 aromatic rings. The molecule has 0 atom stereocenters. The average molecular weight is 370 g/mol. The first kappa shape index (κ1) is 21.7. The Morgan fingerprint density at radius 2 is 1.30 bits per heavy atom. The lowest BCUT2D eigenvalue weighted by atomic mass is 10.1. The molecule has 0 fully saturated rings. The van der Waals surface area contributed by atoms with Gasteiger partial charge in [0.15, 0.2) is 0 Å². The Bertz CT molecular complexity index is 600. The highest BCUT2D eigenvalue weighted by Gasteiger charge is 2.17. The van der Waals surface area contributed by atoms with E-state index in [0.29, 0.717) is 0 Å². The van der Waals surface area contributed by atoms with E-state index < -0.39 is 0 Å². The number of hydrogen-bond donors (Lipinski definition) is 0. The van der Waals surface area contributed by atoms with E-state index in [4.69, 9.17) is 0 Å². The summed E-state index contributed by atoms with van der Waals surface area (Å²) in [6.45, 7) is 5.72. The van der Waals surface area contributed by atoms with Crippen molar-refractivity contribution in [3.63, 3.8) is 0 Å². The third-order valence-electron chi connectivity index (χ3n) is 5.52. The summed E-state index contributed by atoms with van der Waals surface area (Å²) in [5.41, 5.74) is 1.28. The Morgan fingerprint density at radius 1 is 0.704 bits per heavy atom. The molecule has 2 rings (SSSR count). The van der Waals surface area contributed by atoms with Crippen LogP contribution in [0.3, 0.4) is 0 Å². The third kappa shape index (κ3) is 7.91. The number of rotatable bonds is 15. The highest BCUT2D eigenvalue weighted by Crippen LogP contribution is 2.13. The fourth-order valence-electron chi connectivity index (χ4n) is 3.92. The molecule has 0 bridgehead atoms. The third-order valence-corrected chi connectivity index (χ3v) is 5.52. The monoisotopic (exact) mass is 369 g/mol. The number of nitrogens with zero attached hydrogens (tertiary/aromatic N) is 2. The van der Waals surface area contributed by atoms with Gasteiger partial charge in [0.05, 0.1) is 6.54 Å². The van der Waals surface area contributed by atoms with Gasteiger partial charge < -0.3 is 0 Å². The number of aryl methyl sites for hydroxylation is 1. The van der Waals surface area contributed by atoms with Crippen molar-refractivity contribution < 1.29 is 4.57 Å². The van der Waals surface area contributed by atoms with Crippen LogP contribution in [0.4, 0.5) is 0 Å². The molecular formula is C25H41N2+. The lowest BCUT2D eigenvalue weighted by molar-refractivity contribution is -0.704. The second kappa shape index (κ2) is 13.6. The molecule has 0 aliphatic rings. The van der Waals surface area contributed by atoms with Gasteiger partial charge in [0, 0.05) is 6.42 Å². The Kier molecular flexibility index (Phi) is 10.9. The minimum absolute atomic E-state index is 1.14. The van der Waals surface area contributed by atoms with Gasteiger partial charge in [-0.1, -0.05) is 89.8 Å². The van der Waals surface area contributed by atoms with Gasteiger partial charge in [0.2, 0.25) is 0 Å². The zero-order valence-electron chi connectivity index (χ0n) is 17.8. The molecule has 2 nitrogen and oxygen atoms in total. The normalized spacial score (nSPS) is 11.2. The lowest BCUT2D eigenvalue weighted by Crippen LogP contribution is -2.37. The van der Waals surface area contributed by atoms with Crippen molar-refractivity contribution in [1.29, 1.82) is 0 Å². The second-order valence-electron chi connectivity index (χ2n) is 7.90. The van der Waals surface area contributed by atoms with Crippen molar-refractivity contribution in [3.05, 3.63) is 48.5 Å². The zero-order valence-corrected chi connectivity index (χ0v) is 17.8. The molecule has 0 saturated heterocycles. The summed E-state index contributed by atoms with van der Waals surface area (Å²) in [6, 6.07) is 10.7. The van der Waals surface area contributed by atoms with Crippen molar-refractivity contribution in [2.45, 2.75) is 104 Å². The first-order valence-electron chi connectivity index (χ1n) is 11.5. The molecule has 2 heteroatoms. The van der Waals surface area contributed by atoms with Crippen LogP contribution in [0, 0.1) is 0 Å². The van der Waals surface area contributed by atoms with Gasteiger partial charge in [0.1, 0.15) is 18.1 Å². The van der Waals surface area contributed by atoms with Crippen molar-refractivity contribution in [1.82, 2.24) is 4.57 Å². The molecule has 1 aromatic carbocycles. The Morgan fingerprint density at radius 3 is 1.89 bits per heavy atom. The molecule has 27 heavy (non-hydrogen) atoms. The van der Waals surface area contributed by atoms with Gasteiger partial charge in [-0.2, -0.15) is 4.57 Å². The van der Waals surface area contributed by atoms with E-state index in [1.54, 1.807) is 0 Å². The van der Waals surface area contributed by atoms with E-state index in [1.807, 2.05) is 0 Å². The van der Waals surface area contributed by atoms with Crippen LogP contribution in [0.25, 0.3) is 5.69 Å². The van der Waals surface area contributed by atoms with Gasteiger partial charge in [-0.25, -0.2) is 4.57 Å². The molecule has 0 aliphatic carbocycles. The number of hydrogen-bond acceptors (Lipinski definition) is 0. The van der Waals surface area contributed by atoms with Gasteiger partial charge in [-0.15, -0.1) is 0 Å². The van der Waals surface area contributed by atoms with E-state index in [0.717, 1.165) is 13.0 Å². The minimum Gasteiger partial charge on any atom is -0.234 e. The predicted octanol–water partition coefficient (Wildman–Crippen LogP) is 7.03. The Balaban J connectivity index is 1.67. The van der Waals surface area contributed by atoms with Gasteiger partial charge in [0.25, 0.3) is 5.82 Å². The summed E-state index contributed by atoms with van der Waals surface area (Å²) in [5.74, 6) is 1.44. The fraction of sp³-hybridized carbons (Fsp3) is 0.640. The summed E-state index contributed by atoms with van der Waals surface area (Å²) in [6.07, 6.45) is 22.3. The van der Waals surface area contributed by atoms with Crippen molar-refractivity contribution >= 4 is 0 Å². The van der Waals surface area contributed by atoms with Crippen molar-refractivity contribution in [2.24, 2.45) is 0 Å². The van der Waals surface area contributed by atoms with Gasteiger partial charge in [-0.3, -0.25) is 0 Å². The maximum atomic E-state index is 2.48. The molecular weight excluding hydrogens is 328 g/mol. The lowest BCUT2D eigenvalue weighted by Gasteiger charge is -2.05. The molecule has 0 aliphatic heterocycles. The largest absolute Gasteiger partial charge is 0.261 e. The molecule has 0 saturated carbocycles. The smallest absolute Gasteiger partial charge is 0.234 e. The molecule has 1 heterocycles. The molecule has 0 unspecified atom stereocenters. The summed E-state index contributed by atoms with van der Waals surface area (Å²) in [4.78, 5) is 0. The van der Waals surface area contributed by atoms with E-state index >= 15 is 0 Å². The predicted molar refractivity (Wildman–Crippen MR) is 116 cm³/mol. The molecule has 0 N–H and O–H groups in total.